The second-order valence-electron chi connectivity index (χ2n) is 6.13. The molecule has 0 spiro atoms. The topological polar surface area (TPSA) is 21.6 Å². The maximum atomic E-state index is 5.39. The summed E-state index contributed by atoms with van der Waals surface area (Å²) in [6.07, 6.45) is 7.45. The van der Waals surface area contributed by atoms with Crippen molar-refractivity contribution in [1.82, 2.24) is 0 Å². The van der Waals surface area contributed by atoms with Gasteiger partial charge in [-0.3, -0.25) is 0 Å². The fourth-order valence-corrected chi connectivity index (χ4v) is 2.27. The van der Waals surface area contributed by atoms with Crippen LogP contribution in [0.25, 0.3) is 0 Å². The number of rotatable bonds is 5. The van der Waals surface area contributed by atoms with E-state index in [2.05, 4.69) is 32.9 Å². The van der Waals surface area contributed by atoms with E-state index in [9.17, 15) is 0 Å². The standard InChI is InChI=1S/C14H27NO/c1-5-10-16-15-13(11-14(2,3)4)12-8-6-7-9-12/h12H,5-11H2,1-4H3/b15-13-. The second kappa shape index (κ2) is 6.27. The molecule has 0 aromatic carbocycles. The maximum absolute atomic E-state index is 5.39. The van der Waals surface area contributed by atoms with E-state index in [0.29, 0.717) is 11.3 Å². The van der Waals surface area contributed by atoms with Crippen molar-refractivity contribution in [3.63, 3.8) is 0 Å². The van der Waals surface area contributed by atoms with E-state index in [1.807, 2.05) is 0 Å². The molecule has 16 heavy (non-hydrogen) atoms. The molecule has 1 rings (SSSR count). The van der Waals surface area contributed by atoms with Crippen molar-refractivity contribution in [3.05, 3.63) is 0 Å². The average Bonchev–Trinajstić information content (AvgIpc) is 2.67. The third kappa shape index (κ3) is 5.00. The molecule has 2 nitrogen and oxygen atoms in total. The smallest absolute Gasteiger partial charge is 0.116 e. The molecule has 0 atom stereocenters. The predicted octanol–water partition coefficient (Wildman–Crippen LogP) is 4.40. The molecule has 0 unspecified atom stereocenters. The van der Waals surface area contributed by atoms with Crippen LogP contribution >= 0.6 is 0 Å². The SMILES string of the molecule is CCCO/N=C(/CC(C)(C)C)C1CCCC1. The maximum Gasteiger partial charge on any atom is 0.116 e. The number of oxime groups is 1. The highest BCUT2D eigenvalue weighted by Crippen LogP contribution is 2.31. The molecule has 1 saturated carbocycles. The first-order valence-electron chi connectivity index (χ1n) is 6.71. The molecular weight excluding hydrogens is 198 g/mol. The van der Waals surface area contributed by atoms with Crippen LogP contribution in [0.15, 0.2) is 5.16 Å². The van der Waals surface area contributed by atoms with Gasteiger partial charge in [-0.05, 0) is 31.1 Å². The molecule has 1 aliphatic carbocycles. The van der Waals surface area contributed by atoms with Crippen LogP contribution in [0.1, 0.15) is 66.2 Å². The Morgan fingerprint density at radius 3 is 2.38 bits per heavy atom. The van der Waals surface area contributed by atoms with Crippen LogP contribution in [0, 0.1) is 11.3 Å². The third-order valence-electron chi connectivity index (χ3n) is 3.02. The number of nitrogens with zero attached hydrogens (tertiary/aromatic N) is 1. The Bertz CT molecular complexity index is 221. The van der Waals surface area contributed by atoms with E-state index in [1.165, 1.54) is 31.4 Å². The Morgan fingerprint density at radius 1 is 1.25 bits per heavy atom. The van der Waals surface area contributed by atoms with Gasteiger partial charge < -0.3 is 4.84 Å². The lowest BCUT2D eigenvalue weighted by Crippen LogP contribution is -2.20. The minimum Gasteiger partial charge on any atom is -0.396 e. The molecule has 0 N–H and O–H groups in total. The number of hydrogen-bond acceptors (Lipinski definition) is 2. The van der Waals surface area contributed by atoms with Crippen molar-refractivity contribution in [2.24, 2.45) is 16.5 Å². The fourth-order valence-electron chi connectivity index (χ4n) is 2.27. The molecule has 0 bridgehead atoms. The molecule has 2 heteroatoms. The van der Waals surface area contributed by atoms with Crippen LogP contribution in [0.2, 0.25) is 0 Å². The summed E-state index contributed by atoms with van der Waals surface area (Å²) in [4.78, 5) is 5.39. The van der Waals surface area contributed by atoms with Crippen LogP contribution in [0.3, 0.4) is 0 Å². The van der Waals surface area contributed by atoms with E-state index in [4.69, 9.17) is 4.84 Å². The lowest BCUT2D eigenvalue weighted by Gasteiger charge is -2.22. The van der Waals surface area contributed by atoms with E-state index in [1.54, 1.807) is 0 Å². The zero-order chi connectivity index (χ0) is 12.0. The molecule has 0 aliphatic heterocycles. The van der Waals surface area contributed by atoms with Crippen molar-refractivity contribution in [1.29, 1.82) is 0 Å². The van der Waals surface area contributed by atoms with E-state index in [-0.39, 0.29) is 0 Å². The van der Waals surface area contributed by atoms with Crippen molar-refractivity contribution < 1.29 is 4.84 Å². The molecule has 0 amide bonds. The lowest BCUT2D eigenvalue weighted by atomic mass is 9.84. The third-order valence-corrected chi connectivity index (χ3v) is 3.02. The minimum atomic E-state index is 0.316. The molecule has 94 valence electrons. The summed E-state index contributed by atoms with van der Waals surface area (Å²) in [5, 5.41) is 4.40. The average molecular weight is 225 g/mol. The molecule has 0 radical (unpaired) electrons. The van der Waals surface area contributed by atoms with Gasteiger partial charge in [0.1, 0.15) is 6.61 Å². The van der Waals surface area contributed by atoms with Gasteiger partial charge in [-0.1, -0.05) is 45.7 Å². The number of hydrogen-bond donors (Lipinski definition) is 0. The summed E-state index contributed by atoms with van der Waals surface area (Å²) < 4.78 is 0. The first kappa shape index (κ1) is 13.5. The first-order valence-corrected chi connectivity index (χ1v) is 6.71. The van der Waals surface area contributed by atoms with Crippen molar-refractivity contribution in [2.75, 3.05) is 6.61 Å². The monoisotopic (exact) mass is 225 g/mol. The van der Waals surface area contributed by atoms with E-state index >= 15 is 0 Å². The van der Waals surface area contributed by atoms with Crippen molar-refractivity contribution in [3.8, 4) is 0 Å². The fraction of sp³-hybridized carbons (Fsp3) is 0.929. The van der Waals surface area contributed by atoms with E-state index in [0.717, 1.165) is 19.4 Å². The van der Waals surface area contributed by atoms with Crippen LogP contribution in [-0.4, -0.2) is 12.3 Å². The van der Waals surface area contributed by atoms with Gasteiger partial charge in [0.25, 0.3) is 0 Å². The van der Waals surface area contributed by atoms with E-state index < -0.39 is 0 Å². The van der Waals surface area contributed by atoms with Gasteiger partial charge in [-0.15, -0.1) is 0 Å². The van der Waals surface area contributed by atoms with Crippen LogP contribution in [0.5, 0.6) is 0 Å². The highest BCUT2D eigenvalue weighted by atomic mass is 16.6. The first-order chi connectivity index (χ1) is 7.53. The molecule has 0 saturated heterocycles. The van der Waals surface area contributed by atoms with Crippen molar-refractivity contribution in [2.45, 2.75) is 66.2 Å². The van der Waals surface area contributed by atoms with Gasteiger partial charge in [0.2, 0.25) is 0 Å². The summed E-state index contributed by atoms with van der Waals surface area (Å²) in [5.74, 6) is 0.691. The zero-order valence-corrected chi connectivity index (χ0v) is 11.4. The molecule has 0 heterocycles. The van der Waals surface area contributed by atoms with Crippen molar-refractivity contribution >= 4 is 5.71 Å². The summed E-state index contributed by atoms with van der Waals surface area (Å²) in [7, 11) is 0. The Labute approximate surface area is 100 Å². The van der Waals surface area contributed by atoms with Gasteiger partial charge >= 0.3 is 0 Å². The Hall–Kier alpha value is -0.530. The van der Waals surface area contributed by atoms with Gasteiger partial charge in [0.15, 0.2) is 0 Å². The van der Waals surface area contributed by atoms with Gasteiger partial charge in [0.05, 0.1) is 5.71 Å². The molecule has 0 aromatic heterocycles. The Morgan fingerprint density at radius 2 is 1.88 bits per heavy atom. The Balaban J connectivity index is 2.56. The Kier molecular flexibility index (Phi) is 5.30. The largest absolute Gasteiger partial charge is 0.396 e. The lowest BCUT2D eigenvalue weighted by molar-refractivity contribution is 0.141. The molecule has 1 fully saturated rings. The molecule has 0 aromatic rings. The summed E-state index contributed by atoms with van der Waals surface area (Å²) in [6, 6.07) is 0. The summed E-state index contributed by atoms with van der Waals surface area (Å²) >= 11 is 0. The van der Waals surface area contributed by atoms with Gasteiger partial charge in [-0.25, -0.2) is 0 Å². The highest BCUT2D eigenvalue weighted by Gasteiger charge is 2.25. The molecular formula is C14H27NO. The predicted molar refractivity (Wildman–Crippen MR) is 69.7 cm³/mol. The van der Waals surface area contributed by atoms with Gasteiger partial charge in [-0.2, -0.15) is 0 Å². The quantitative estimate of drug-likeness (QED) is 0.386. The summed E-state index contributed by atoms with van der Waals surface area (Å²) in [5.41, 5.74) is 1.62. The second-order valence-corrected chi connectivity index (χ2v) is 6.13. The normalized spacial score (nSPS) is 19.1. The van der Waals surface area contributed by atoms with Crippen LogP contribution in [-0.2, 0) is 4.84 Å². The van der Waals surface area contributed by atoms with Gasteiger partial charge in [0, 0.05) is 5.92 Å². The zero-order valence-electron chi connectivity index (χ0n) is 11.4. The highest BCUT2D eigenvalue weighted by molar-refractivity contribution is 5.87. The molecule has 1 aliphatic rings. The van der Waals surface area contributed by atoms with Crippen LogP contribution < -0.4 is 0 Å². The minimum absolute atomic E-state index is 0.316. The van der Waals surface area contributed by atoms with Crippen LogP contribution in [0.4, 0.5) is 0 Å². The summed E-state index contributed by atoms with van der Waals surface area (Å²) in [6.45, 7) is 9.70.